The molecule has 0 heterocycles. The second kappa shape index (κ2) is 12.0. The van der Waals surface area contributed by atoms with Gasteiger partial charge in [-0.3, -0.25) is 0 Å². The fraction of sp³-hybridized carbons (Fsp3) is 0.500. The molecule has 0 aliphatic carbocycles. The molecule has 0 atom stereocenters. The van der Waals surface area contributed by atoms with Crippen molar-refractivity contribution in [1.29, 1.82) is 0 Å². The molecule has 0 aromatic heterocycles. The first-order valence-corrected chi connectivity index (χ1v) is 7.61. The van der Waals surface area contributed by atoms with Crippen LogP contribution in [-0.4, -0.2) is 30.4 Å². The van der Waals surface area contributed by atoms with Crippen LogP contribution >= 0.6 is 0 Å². The van der Waals surface area contributed by atoms with Crippen molar-refractivity contribution < 1.29 is 43.6 Å². The Labute approximate surface area is 129 Å². The van der Waals surface area contributed by atoms with Crippen molar-refractivity contribution >= 4 is 12.6 Å². The van der Waals surface area contributed by atoms with Crippen molar-refractivity contribution in [3.8, 4) is 11.5 Å². The normalized spacial score (nSPS) is 9.25. The van der Waals surface area contributed by atoms with Gasteiger partial charge in [-0.05, 0) is 18.9 Å². The maximum absolute atomic E-state index is 9.95. The standard InChI is InChI=1S/C12H19BO4.FN.W/c1-3-7-16-10-5-6-11(13(14)15)12(9-10)17-8-4-2;1-2;/h5-6,9,14-15H,3-4,7-8H2,1-2H3;;. The summed E-state index contributed by atoms with van der Waals surface area (Å²) in [4.78, 5) is 0. The summed E-state index contributed by atoms with van der Waals surface area (Å²) in [6.07, 6.45) is 1.79. The fourth-order valence-electron chi connectivity index (χ4n) is 1.37. The molecule has 0 bridgehead atoms. The van der Waals surface area contributed by atoms with Gasteiger partial charge in [0.25, 0.3) is 0 Å². The molecular weight excluding hydrogens is 436 g/mol. The molecule has 0 saturated carbocycles. The van der Waals surface area contributed by atoms with Crippen molar-refractivity contribution in [2.75, 3.05) is 13.2 Å². The summed E-state index contributed by atoms with van der Waals surface area (Å²) in [7, 11) is -1.53. The van der Waals surface area contributed by atoms with Crippen LogP contribution in [0.25, 0.3) is 0 Å². The molecule has 0 radical (unpaired) electrons. The number of hydrogen-bond donors (Lipinski definition) is 2. The van der Waals surface area contributed by atoms with Gasteiger partial charge < -0.3 is 19.5 Å². The molecule has 1 aromatic rings. The van der Waals surface area contributed by atoms with E-state index in [1.165, 1.54) is 0 Å². The van der Waals surface area contributed by atoms with E-state index in [2.05, 4.69) is 3.72 Å². The third-order valence-corrected chi connectivity index (χ3v) is 2.20. The molecule has 0 spiro atoms. The zero-order valence-electron chi connectivity index (χ0n) is 11.6. The molecule has 0 aliphatic heterocycles. The van der Waals surface area contributed by atoms with Gasteiger partial charge in [0.1, 0.15) is 11.5 Å². The first kappa shape index (κ1) is 19.2. The van der Waals surface area contributed by atoms with E-state index in [0.717, 1.165) is 12.8 Å². The van der Waals surface area contributed by atoms with Crippen LogP contribution in [-0.2, 0) is 19.6 Å². The Morgan fingerprint density at radius 1 is 1.20 bits per heavy atom. The molecule has 0 amide bonds. The van der Waals surface area contributed by atoms with Crippen molar-refractivity contribution in [3.05, 3.63) is 18.2 Å². The topological polar surface area (TPSA) is 71.3 Å². The number of nitrogens with zero attached hydrogens (tertiary/aromatic N) is 1. The van der Waals surface area contributed by atoms with Gasteiger partial charge in [0.05, 0.1) is 13.2 Å². The van der Waals surface area contributed by atoms with Crippen LogP contribution in [0.3, 0.4) is 0 Å². The van der Waals surface area contributed by atoms with E-state index in [-0.39, 0.29) is 0 Å². The minimum atomic E-state index is -1.53. The average Bonchev–Trinajstić information content (AvgIpc) is 2.43. The molecule has 2 N–H and O–H groups in total. The van der Waals surface area contributed by atoms with Gasteiger partial charge in [-0.2, -0.15) is 0 Å². The van der Waals surface area contributed by atoms with Crippen molar-refractivity contribution in [1.82, 2.24) is 0 Å². The van der Waals surface area contributed by atoms with Gasteiger partial charge in [-0.1, -0.05) is 19.9 Å². The monoisotopic (exact) mass is 455 g/mol. The Balaban J connectivity index is 0.00000110. The molecule has 1 rings (SSSR count). The molecule has 8 heteroatoms. The van der Waals surface area contributed by atoms with E-state index >= 15 is 0 Å². The number of halogens is 1. The van der Waals surface area contributed by atoms with Gasteiger partial charge in [0.15, 0.2) is 0 Å². The summed E-state index contributed by atoms with van der Waals surface area (Å²) < 4.78 is 23.0. The molecule has 0 saturated heterocycles. The summed E-state index contributed by atoms with van der Waals surface area (Å²) >= 11 is 0.630. The Morgan fingerprint density at radius 3 is 2.25 bits per heavy atom. The molecule has 0 unspecified atom stereocenters. The fourth-order valence-corrected chi connectivity index (χ4v) is 1.37. The Morgan fingerprint density at radius 2 is 1.75 bits per heavy atom. The average molecular weight is 455 g/mol. The van der Waals surface area contributed by atoms with Gasteiger partial charge >= 0.3 is 34.9 Å². The number of rotatable bonds is 7. The van der Waals surface area contributed by atoms with Crippen molar-refractivity contribution in [2.24, 2.45) is 3.72 Å². The summed E-state index contributed by atoms with van der Waals surface area (Å²) in [5.41, 5.74) is 0.363. The summed E-state index contributed by atoms with van der Waals surface area (Å²) in [6, 6.07) is 5.02. The molecular formula is C12H19BFNO4W. The minimum absolute atomic E-state index is 0.363. The van der Waals surface area contributed by atoms with Gasteiger partial charge in [-0.25, -0.2) is 0 Å². The summed E-state index contributed by atoms with van der Waals surface area (Å²) in [6.45, 7) is 5.19. The Bertz CT molecular complexity index is 396. The zero-order valence-corrected chi connectivity index (χ0v) is 14.5. The van der Waals surface area contributed by atoms with Crippen LogP contribution in [0.2, 0.25) is 0 Å². The predicted octanol–water partition coefficient (Wildman–Crippen LogP) is 1.55. The van der Waals surface area contributed by atoms with Crippen LogP contribution in [0.1, 0.15) is 26.7 Å². The quantitative estimate of drug-likeness (QED) is 0.613. The van der Waals surface area contributed by atoms with Crippen LogP contribution in [0.15, 0.2) is 21.9 Å². The van der Waals surface area contributed by atoms with Crippen LogP contribution < -0.4 is 14.9 Å². The van der Waals surface area contributed by atoms with Crippen molar-refractivity contribution in [3.63, 3.8) is 0 Å². The van der Waals surface area contributed by atoms with Crippen LogP contribution in [0, 0.1) is 0 Å². The van der Waals surface area contributed by atoms with E-state index in [9.17, 15) is 14.5 Å². The molecule has 112 valence electrons. The number of benzene rings is 1. The first-order valence-electron chi connectivity index (χ1n) is 6.29. The predicted molar refractivity (Wildman–Crippen MR) is 71.4 cm³/mol. The molecule has 20 heavy (non-hydrogen) atoms. The molecule has 5 nitrogen and oxygen atoms in total. The number of ether oxygens (including phenoxy) is 2. The summed E-state index contributed by atoms with van der Waals surface area (Å²) in [5, 5.41) is 18.4. The van der Waals surface area contributed by atoms with Crippen LogP contribution in [0.5, 0.6) is 11.5 Å². The molecule has 0 aliphatic rings. The zero-order chi connectivity index (χ0) is 15.4. The van der Waals surface area contributed by atoms with Gasteiger partial charge in [0, 0.05) is 11.5 Å². The van der Waals surface area contributed by atoms with E-state index in [4.69, 9.17) is 9.47 Å². The third kappa shape index (κ3) is 7.73. The SMILES string of the molecule is CCCOc1ccc(B(O)O)c(OCCC)c1.F[N]=[W]. The molecule has 0 fully saturated rings. The van der Waals surface area contributed by atoms with E-state index in [1.54, 1.807) is 18.2 Å². The maximum atomic E-state index is 9.95. The third-order valence-electron chi connectivity index (χ3n) is 2.20. The second-order valence-electron chi connectivity index (χ2n) is 3.84. The van der Waals surface area contributed by atoms with Crippen molar-refractivity contribution in [2.45, 2.75) is 26.7 Å². The van der Waals surface area contributed by atoms with Crippen LogP contribution in [0.4, 0.5) is 4.48 Å². The second-order valence-corrected chi connectivity index (χ2v) is 4.34. The Hall–Kier alpha value is -0.777. The van der Waals surface area contributed by atoms with Gasteiger partial charge in [0.2, 0.25) is 0 Å². The number of hydrogen-bond acceptors (Lipinski definition) is 5. The van der Waals surface area contributed by atoms with E-state index in [1.807, 2.05) is 13.8 Å². The summed E-state index contributed by atoms with van der Waals surface area (Å²) in [5.74, 6) is 1.15. The van der Waals surface area contributed by atoms with E-state index < -0.39 is 7.12 Å². The van der Waals surface area contributed by atoms with E-state index in [0.29, 0.717) is 49.8 Å². The Kier molecular flexibility index (Phi) is 11.5. The first-order chi connectivity index (χ1) is 9.60. The molecule has 1 aromatic carbocycles. The van der Waals surface area contributed by atoms with Gasteiger partial charge in [-0.15, -0.1) is 0 Å².